The number of nitrogens with zero attached hydrogens (tertiary/aromatic N) is 1. The van der Waals surface area contributed by atoms with Crippen molar-refractivity contribution in [1.82, 2.24) is 9.88 Å². The van der Waals surface area contributed by atoms with Crippen molar-refractivity contribution in [2.75, 3.05) is 6.54 Å². The maximum atomic E-state index is 11.6. The van der Waals surface area contributed by atoms with Gasteiger partial charge in [-0.05, 0) is 55.5 Å². The van der Waals surface area contributed by atoms with Gasteiger partial charge in [-0.1, -0.05) is 0 Å². The minimum atomic E-state index is -0.485. The molecule has 0 aliphatic heterocycles. The number of ether oxygens (including phenoxy) is 2. The summed E-state index contributed by atoms with van der Waals surface area (Å²) in [6.07, 6.45) is 3.06. The fourth-order valence-corrected chi connectivity index (χ4v) is 2.84. The molecule has 0 spiro atoms. The summed E-state index contributed by atoms with van der Waals surface area (Å²) in [6, 6.07) is 1.48. The molecule has 1 aromatic heterocycles. The molecule has 0 aromatic carbocycles. The second-order valence-electron chi connectivity index (χ2n) is 6.89. The standard InChI is InChI=1S/C16H23BrN2O4/c1-16(2,3)23-15(21)18-8-10-5-11(6-10)22-13-7-14(20)19(4)9-12(13)17/h7,9-11H,5-6,8H2,1-4H3,(H,18,21). The average Bonchev–Trinajstić information content (AvgIpc) is 2.35. The van der Waals surface area contributed by atoms with Gasteiger partial charge in [0.05, 0.1) is 10.6 Å². The number of nitrogens with one attached hydrogen (secondary N) is 1. The van der Waals surface area contributed by atoms with E-state index in [1.807, 2.05) is 20.8 Å². The highest BCUT2D eigenvalue weighted by Crippen LogP contribution is 2.33. The number of hydrogen-bond donors (Lipinski definition) is 1. The molecule has 0 unspecified atom stereocenters. The third kappa shape index (κ3) is 5.27. The molecule has 1 aliphatic carbocycles. The molecule has 0 saturated heterocycles. The van der Waals surface area contributed by atoms with Gasteiger partial charge < -0.3 is 19.4 Å². The normalized spacial score (nSPS) is 20.6. The fourth-order valence-electron chi connectivity index (χ4n) is 2.33. The van der Waals surface area contributed by atoms with Crippen LogP contribution in [-0.4, -0.2) is 28.9 Å². The Bertz CT molecular complexity index is 630. The highest BCUT2D eigenvalue weighted by molar-refractivity contribution is 9.10. The fraction of sp³-hybridized carbons (Fsp3) is 0.625. The van der Waals surface area contributed by atoms with E-state index in [1.165, 1.54) is 10.6 Å². The Morgan fingerprint density at radius 2 is 2.09 bits per heavy atom. The SMILES string of the molecule is Cn1cc(Br)c(OC2CC(CNC(=O)OC(C)(C)C)C2)cc1=O. The molecule has 23 heavy (non-hydrogen) atoms. The van der Waals surface area contributed by atoms with E-state index in [1.54, 1.807) is 13.2 Å². The zero-order chi connectivity index (χ0) is 17.2. The van der Waals surface area contributed by atoms with Gasteiger partial charge in [0.1, 0.15) is 11.4 Å². The van der Waals surface area contributed by atoms with E-state index in [0.29, 0.717) is 18.2 Å². The zero-order valence-corrected chi connectivity index (χ0v) is 15.5. The minimum Gasteiger partial charge on any atom is -0.489 e. The summed E-state index contributed by atoms with van der Waals surface area (Å²) in [5.74, 6) is 0.939. The number of pyridine rings is 1. The van der Waals surface area contributed by atoms with Gasteiger partial charge in [-0.2, -0.15) is 0 Å². The molecule has 128 valence electrons. The van der Waals surface area contributed by atoms with E-state index in [2.05, 4.69) is 21.2 Å². The zero-order valence-electron chi connectivity index (χ0n) is 13.9. The third-order valence-corrected chi connectivity index (χ3v) is 4.16. The molecule has 2 rings (SSSR count). The number of carbonyl (C=O) groups excluding carboxylic acids is 1. The molecule has 7 heteroatoms. The topological polar surface area (TPSA) is 69.6 Å². The summed E-state index contributed by atoms with van der Waals surface area (Å²) >= 11 is 3.40. The number of carbonyl (C=O) groups is 1. The second-order valence-corrected chi connectivity index (χ2v) is 7.75. The second kappa shape index (κ2) is 6.95. The summed E-state index contributed by atoms with van der Waals surface area (Å²) in [6.45, 7) is 6.08. The number of aromatic nitrogens is 1. The smallest absolute Gasteiger partial charge is 0.407 e. The predicted octanol–water partition coefficient (Wildman–Crippen LogP) is 2.83. The van der Waals surface area contributed by atoms with E-state index in [0.717, 1.165) is 17.3 Å². The number of halogens is 1. The van der Waals surface area contributed by atoms with Crippen LogP contribution in [0.3, 0.4) is 0 Å². The minimum absolute atomic E-state index is 0.0730. The lowest BCUT2D eigenvalue weighted by Gasteiger charge is -2.35. The van der Waals surface area contributed by atoms with Crippen LogP contribution in [0.4, 0.5) is 4.79 Å². The maximum Gasteiger partial charge on any atom is 0.407 e. The first kappa shape index (κ1) is 17.8. The van der Waals surface area contributed by atoms with E-state index in [4.69, 9.17) is 9.47 Å². The summed E-state index contributed by atoms with van der Waals surface area (Å²) < 4.78 is 13.3. The molecule has 1 amide bonds. The lowest BCUT2D eigenvalue weighted by molar-refractivity contribution is 0.0412. The Morgan fingerprint density at radius 3 is 2.70 bits per heavy atom. The number of rotatable bonds is 4. The van der Waals surface area contributed by atoms with E-state index in [-0.39, 0.29) is 11.7 Å². The van der Waals surface area contributed by atoms with E-state index in [9.17, 15) is 9.59 Å². The Labute approximate surface area is 144 Å². The van der Waals surface area contributed by atoms with Crippen molar-refractivity contribution in [2.45, 2.75) is 45.3 Å². The average molecular weight is 387 g/mol. The van der Waals surface area contributed by atoms with Crippen molar-refractivity contribution in [2.24, 2.45) is 13.0 Å². The first-order chi connectivity index (χ1) is 10.6. The molecule has 0 atom stereocenters. The number of aryl methyl sites for hydroxylation is 1. The Kier molecular flexibility index (Phi) is 5.39. The van der Waals surface area contributed by atoms with Crippen LogP contribution < -0.4 is 15.6 Å². The van der Waals surface area contributed by atoms with Crippen molar-refractivity contribution in [3.8, 4) is 5.75 Å². The van der Waals surface area contributed by atoms with Crippen molar-refractivity contribution in [3.05, 3.63) is 27.1 Å². The largest absolute Gasteiger partial charge is 0.489 e. The molecule has 1 aliphatic rings. The van der Waals surface area contributed by atoms with Gasteiger partial charge in [0, 0.05) is 25.9 Å². The molecule has 1 saturated carbocycles. The van der Waals surface area contributed by atoms with Crippen LogP contribution in [-0.2, 0) is 11.8 Å². The van der Waals surface area contributed by atoms with Crippen molar-refractivity contribution in [1.29, 1.82) is 0 Å². The van der Waals surface area contributed by atoms with Crippen LogP contribution in [0, 0.1) is 5.92 Å². The molecule has 0 radical (unpaired) electrons. The van der Waals surface area contributed by atoms with Crippen LogP contribution >= 0.6 is 15.9 Å². The summed E-state index contributed by atoms with van der Waals surface area (Å²) in [5, 5.41) is 2.77. The lowest BCUT2D eigenvalue weighted by Crippen LogP contribution is -2.42. The Morgan fingerprint density at radius 1 is 1.43 bits per heavy atom. The number of alkyl carbamates (subject to hydrolysis) is 1. The third-order valence-electron chi connectivity index (χ3n) is 3.56. The molecule has 1 N–H and O–H groups in total. The Balaban J connectivity index is 1.74. The van der Waals surface area contributed by atoms with Crippen LogP contribution in [0.15, 0.2) is 21.5 Å². The van der Waals surface area contributed by atoms with Crippen molar-refractivity contribution < 1.29 is 14.3 Å². The molecule has 1 heterocycles. The first-order valence-corrected chi connectivity index (χ1v) is 8.43. The van der Waals surface area contributed by atoms with Gasteiger partial charge in [0.15, 0.2) is 0 Å². The lowest BCUT2D eigenvalue weighted by atomic mass is 9.82. The maximum absolute atomic E-state index is 11.6. The predicted molar refractivity (Wildman–Crippen MR) is 90.8 cm³/mol. The highest BCUT2D eigenvalue weighted by atomic mass is 79.9. The molecule has 0 bridgehead atoms. The molecular formula is C16H23BrN2O4. The van der Waals surface area contributed by atoms with Crippen LogP contribution in [0.5, 0.6) is 5.75 Å². The van der Waals surface area contributed by atoms with Gasteiger partial charge in [-0.15, -0.1) is 0 Å². The van der Waals surface area contributed by atoms with Gasteiger partial charge in [0.25, 0.3) is 5.56 Å². The van der Waals surface area contributed by atoms with E-state index >= 15 is 0 Å². The Hall–Kier alpha value is -1.50. The van der Waals surface area contributed by atoms with Gasteiger partial charge >= 0.3 is 6.09 Å². The van der Waals surface area contributed by atoms with E-state index < -0.39 is 11.7 Å². The number of amides is 1. The summed E-state index contributed by atoms with van der Waals surface area (Å²) in [4.78, 5) is 23.2. The van der Waals surface area contributed by atoms with Gasteiger partial charge in [-0.3, -0.25) is 4.79 Å². The van der Waals surface area contributed by atoms with Crippen molar-refractivity contribution >= 4 is 22.0 Å². The van der Waals surface area contributed by atoms with Crippen LogP contribution in [0.25, 0.3) is 0 Å². The van der Waals surface area contributed by atoms with Gasteiger partial charge in [-0.25, -0.2) is 4.79 Å². The van der Waals surface area contributed by atoms with Crippen LogP contribution in [0.1, 0.15) is 33.6 Å². The first-order valence-electron chi connectivity index (χ1n) is 7.64. The molecular weight excluding hydrogens is 364 g/mol. The van der Waals surface area contributed by atoms with Crippen molar-refractivity contribution in [3.63, 3.8) is 0 Å². The quantitative estimate of drug-likeness (QED) is 0.863. The highest BCUT2D eigenvalue weighted by Gasteiger charge is 2.32. The van der Waals surface area contributed by atoms with Gasteiger partial charge in [0.2, 0.25) is 0 Å². The molecule has 1 aromatic rings. The molecule has 1 fully saturated rings. The van der Waals surface area contributed by atoms with Crippen LogP contribution in [0.2, 0.25) is 0 Å². The summed E-state index contributed by atoms with van der Waals surface area (Å²) in [7, 11) is 1.69. The molecule has 6 nitrogen and oxygen atoms in total. The monoisotopic (exact) mass is 386 g/mol. The number of hydrogen-bond acceptors (Lipinski definition) is 4. The summed E-state index contributed by atoms with van der Waals surface area (Å²) in [5.41, 5.74) is -0.591.